The number of anilines is 2. The van der Waals surface area contributed by atoms with Gasteiger partial charge in [0.25, 0.3) is 0 Å². The van der Waals surface area contributed by atoms with Crippen molar-refractivity contribution in [2.75, 3.05) is 43.9 Å². The highest BCUT2D eigenvalue weighted by atomic mass is 16.2. The molecule has 0 atom stereocenters. The molecule has 3 aromatic heterocycles. The highest BCUT2D eigenvalue weighted by Gasteiger charge is 2.16. The molecule has 1 saturated heterocycles. The van der Waals surface area contributed by atoms with Crippen LogP contribution in [0.4, 0.5) is 11.8 Å². The number of hydrogen-bond acceptors (Lipinski definition) is 11. The van der Waals surface area contributed by atoms with Crippen LogP contribution in [0.25, 0.3) is 22.6 Å². The fourth-order valence-electron chi connectivity index (χ4n) is 3.92. The Morgan fingerprint density at radius 3 is 2.43 bits per heavy atom. The Labute approximate surface area is 213 Å². The molecule has 1 aromatic carbocycles. The summed E-state index contributed by atoms with van der Waals surface area (Å²) in [6.45, 7) is 4.49. The van der Waals surface area contributed by atoms with Gasteiger partial charge >= 0.3 is 6.15 Å². The maximum Gasteiger partial charge on any atom is 0.373 e. The summed E-state index contributed by atoms with van der Waals surface area (Å²) in [5.74, 6) is 1.12. The van der Waals surface area contributed by atoms with Gasteiger partial charge in [-0.05, 0) is 37.4 Å². The highest BCUT2D eigenvalue weighted by molar-refractivity contribution is 5.68. The normalized spacial score (nSPS) is 13.2. The third-order valence-electron chi connectivity index (χ3n) is 5.78. The van der Waals surface area contributed by atoms with Gasteiger partial charge < -0.3 is 15.5 Å². The second-order valence-electron chi connectivity index (χ2n) is 8.35. The van der Waals surface area contributed by atoms with Gasteiger partial charge in [0, 0.05) is 31.7 Å². The summed E-state index contributed by atoms with van der Waals surface area (Å²) in [6, 6.07) is 17.2. The van der Waals surface area contributed by atoms with Gasteiger partial charge in [0.05, 0.1) is 41.5 Å². The van der Waals surface area contributed by atoms with Crippen LogP contribution in [0, 0.1) is 11.3 Å². The molecule has 186 valence electrons. The van der Waals surface area contributed by atoms with Gasteiger partial charge in [0.15, 0.2) is 0 Å². The molecule has 2 N–H and O–H groups in total. The zero-order valence-corrected chi connectivity index (χ0v) is 20.2. The first kappa shape index (κ1) is 25.1. The SMILES string of the molecule is CN1CCN(c2cccc(Cn3cc(-c4cc(-c5cccc(C#N)c5)nc(N)n4)nn3)n2)CC1.O=C=O. The predicted octanol–water partition coefficient (Wildman–Crippen LogP) is 1.47. The van der Waals surface area contributed by atoms with E-state index in [-0.39, 0.29) is 12.1 Å². The van der Waals surface area contributed by atoms with Crippen LogP contribution in [0.2, 0.25) is 0 Å². The summed E-state index contributed by atoms with van der Waals surface area (Å²) in [6.07, 6.45) is 2.07. The summed E-state index contributed by atoms with van der Waals surface area (Å²) in [5, 5.41) is 17.7. The molecule has 0 unspecified atom stereocenters. The van der Waals surface area contributed by atoms with Gasteiger partial charge in [-0.3, -0.25) is 0 Å². The smallest absolute Gasteiger partial charge is 0.368 e. The molecule has 0 bridgehead atoms. The van der Waals surface area contributed by atoms with Crippen molar-refractivity contribution in [3.63, 3.8) is 0 Å². The van der Waals surface area contributed by atoms with Crippen molar-refractivity contribution in [2.45, 2.75) is 6.54 Å². The molecule has 0 amide bonds. The maximum absolute atomic E-state index is 9.18. The second kappa shape index (κ2) is 11.6. The first-order chi connectivity index (χ1) is 18.0. The lowest BCUT2D eigenvalue weighted by Gasteiger charge is -2.33. The van der Waals surface area contributed by atoms with Gasteiger partial charge in [-0.2, -0.15) is 14.9 Å². The van der Waals surface area contributed by atoms with Crippen molar-refractivity contribution in [1.82, 2.24) is 34.8 Å². The molecule has 0 saturated carbocycles. The van der Waals surface area contributed by atoms with Crippen LogP contribution in [0.5, 0.6) is 0 Å². The van der Waals surface area contributed by atoms with Crippen LogP contribution in [-0.4, -0.2) is 74.2 Å². The molecule has 1 aliphatic heterocycles. The number of hydrogen-bond donors (Lipinski definition) is 1. The molecule has 37 heavy (non-hydrogen) atoms. The number of rotatable bonds is 5. The Bertz CT molecular complexity index is 1450. The molecule has 12 heteroatoms. The average Bonchev–Trinajstić information content (AvgIpc) is 3.38. The molecule has 5 rings (SSSR count). The Kier molecular flexibility index (Phi) is 7.90. The summed E-state index contributed by atoms with van der Waals surface area (Å²) in [7, 11) is 2.14. The fraction of sp³-hybridized carbons (Fsp3) is 0.240. The summed E-state index contributed by atoms with van der Waals surface area (Å²) in [5.41, 5.74) is 9.98. The number of piperazine rings is 1. The van der Waals surface area contributed by atoms with E-state index in [1.807, 2.05) is 36.5 Å². The Hall–Kier alpha value is -4.98. The van der Waals surface area contributed by atoms with Crippen LogP contribution in [0.15, 0.2) is 54.7 Å². The highest BCUT2D eigenvalue weighted by Crippen LogP contribution is 2.24. The van der Waals surface area contributed by atoms with Crippen LogP contribution in [-0.2, 0) is 16.1 Å². The van der Waals surface area contributed by atoms with E-state index in [1.165, 1.54) is 0 Å². The minimum Gasteiger partial charge on any atom is -0.368 e. The number of nitrogens with two attached hydrogens (primary N) is 1. The fourth-order valence-corrected chi connectivity index (χ4v) is 3.92. The molecule has 0 radical (unpaired) electrons. The van der Waals surface area contributed by atoms with Gasteiger partial charge in [-0.15, -0.1) is 5.10 Å². The number of aromatic nitrogens is 6. The van der Waals surface area contributed by atoms with Crippen molar-refractivity contribution >= 4 is 17.9 Å². The maximum atomic E-state index is 9.18. The number of likely N-dealkylation sites (N-methyl/N-ethyl adjacent to an activating group) is 1. The number of benzene rings is 1. The lowest BCUT2D eigenvalue weighted by atomic mass is 10.1. The molecule has 1 aliphatic rings. The van der Waals surface area contributed by atoms with Crippen LogP contribution >= 0.6 is 0 Å². The van der Waals surface area contributed by atoms with Gasteiger partial charge in [0.2, 0.25) is 5.95 Å². The minimum atomic E-state index is 0.131. The summed E-state index contributed by atoms with van der Waals surface area (Å²) < 4.78 is 1.74. The van der Waals surface area contributed by atoms with Crippen LogP contribution in [0.1, 0.15) is 11.3 Å². The summed E-state index contributed by atoms with van der Waals surface area (Å²) in [4.78, 5) is 34.4. The third-order valence-corrected chi connectivity index (χ3v) is 5.78. The van der Waals surface area contributed by atoms with Crippen LogP contribution in [0.3, 0.4) is 0 Å². The number of pyridine rings is 1. The van der Waals surface area contributed by atoms with Crippen molar-refractivity contribution in [2.24, 2.45) is 0 Å². The molecule has 0 spiro atoms. The monoisotopic (exact) mass is 496 g/mol. The van der Waals surface area contributed by atoms with E-state index < -0.39 is 0 Å². The standard InChI is InChI=1S/C24H24N10.CO2/c1-32-8-10-33(11-9-32)23-7-3-6-19(27-23)15-34-16-22(30-31-34)21-13-20(28-24(26)29-21)18-5-2-4-17(12-18)14-25;2-1-3/h2-7,12-13,16H,8-11,15H2,1H3,(H2,26,28,29);. The lowest BCUT2D eigenvalue weighted by Crippen LogP contribution is -2.44. The molecule has 12 nitrogen and oxygen atoms in total. The Morgan fingerprint density at radius 2 is 1.68 bits per heavy atom. The van der Waals surface area contributed by atoms with Gasteiger partial charge in [-0.25, -0.2) is 19.6 Å². The topological polar surface area (TPSA) is 160 Å². The number of carbonyl (C=O) groups excluding carboxylic acids is 2. The van der Waals surface area contributed by atoms with E-state index in [9.17, 15) is 5.26 Å². The second-order valence-corrected chi connectivity index (χ2v) is 8.35. The van der Waals surface area contributed by atoms with E-state index in [2.05, 4.69) is 43.2 Å². The molecule has 4 aromatic rings. The lowest BCUT2D eigenvalue weighted by molar-refractivity contribution is -0.191. The predicted molar refractivity (Wildman–Crippen MR) is 134 cm³/mol. The number of nitrogens with zero attached hydrogens (tertiary/aromatic N) is 9. The van der Waals surface area contributed by atoms with E-state index in [0.29, 0.717) is 29.2 Å². The Morgan fingerprint density at radius 1 is 0.946 bits per heavy atom. The first-order valence-electron chi connectivity index (χ1n) is 11.4. The van der Waals surface area contributed by atoms with Crippen molar-refractivity contribution in [3.05, 3.63) is 66.0 Å². The number of nitriles is 1. The first-order valence-corrected chi connectivity index (χ1v) is 11.4. The number of nitrogen functional groups attached to an aromatic ring is 1. The molecule has 0 aliphatic carbocycles. The van der Waals surface area contributed by atoms with Crippen LogP contribution < -0.4 is 10.6 Å². The van der Waals surface area contributed by atoms with E-state index in [1.54, 1.807) is 22.9 Å². The van der Waals surface area contributed by atoms with E-state index in [0.717, 1.165) is 43.3 Å². The third kappa shape index (κ3) is 6.37. The van der Waals surface area contributed by atoms with E-state index in [4.69, 9.17) is 20.3 Å². The van der Waals surface area contributed by atoms with Gasteiger partial charge in [-0.1, -0.05) is 23.4 Å². The van der Waals surface area contributed by atoms with Gasteiger partial charge in [0.1, 0.15) is 11.5 Å². The van der Waals surface area contributed by atoms with Crippen molar-refractivity contribution in [3.8, 4) is 28.7 Å². The quantitative estimate of drug-likeness (QED) is 0.426. The largest absolute Gasteiger partial charge is 0.373 e. The molecule has 1 fully saturated rings. The minimum absolute atomic E-state index is 0.131. The average molecular weight is 497 g/mol. The van der Waals surface area contributed by atoms with Crippen molar-refractivity contribution < 1.29 is 9.59 Å². The molecular formula is C25H24N10O2. The van der Waals surface area contributed by atoms with E-state index >= 15 is 0 Å². The zero-order chi connectivity index (χ0) is 26.2. The molecular weight excluding hydrogens is 472 g/mol. The zero-order valence-electron chi connectivity index (χ0n) is 20.2. The van der Waals surface area contributed by atoms with Crippen molar-refractivity contribution in [1.29, 1.82) is 5.26 Å². The Balaban J connectivity index is 0.00000102. The molecule has 4 heterocycles. The summed E-state index contributed by atoms with van der Waals surface area (Å²) >= 11 is 0.